The van der Waals surface area contributed by atoms with Crippen LogP contribution in [0.1, 0.15) is 11.1 Å². The van der Waals surface area contributed by atoms with Crippen molar-refractivity contribution in [2.75, 3.05) is 0 Å². The van der Waals surface area contributed by atoms with Crippen LogP contribution in [0.25, 0.3) is 0 Å². The lowest BCUT2D eigenvalue weighted by Crippen LogP contribution is -2.11. The number of hydrogen-bond acceptors (Lipinski definition) is 2. The highest BCUT2D eigenvalue weighted by Gasteiger charge is 2.06. The zero-order valence-corrected chi connectivity index (χ0v) is 12.3. The Labute approximate surface area is 125 Å². The molecule has 0 heterocycles. The predicted octanol–water partition coefficient (Wildman–Crippen LogP) is 3.97. The highest BCUT2D eigenvalue weighted by molar-refractivity contribution is 9.10. The maximum atomic E-state index is 7.35. The molecule has 0 aromatic heterocycles. The molecule has 0 fully saturated rings. The lowest BCUT2D eigenvalue weighted by atomic mass is 10.1. The minimum absolute atomic E-state index is 0.000159. The summed E-state index contributed by atoms with van der Waals surface area (Å²) in [7, 11) is 0. The van der Waals surface area contributed by atoms with E-state index in [1.807, 2.05) is 30.3 Å². The quantitative estimate of drug-likeness (QED) is 0.654. The van der Waals surface area contributed by atoms with Gasteiger partial charge in [-0.25, -0.2) is 0 Å². The van der Waals surface area contributed by atoms with Crippen LogP contribution in [0.15, 0.2) is 46.9 Å². The minimum Gasteiger partial charge on any atom is -0.488 e. The molecule has 0 bridgehead atoms. The fourth-order valence-electron chi connectivity index (χ4n) is 1.55. The molecule has 19 heavy (non-hydrogen) atoms. The third-order valence-electron chi connectivity index (χ3n) is 2.58. The molecule has 0 atom stereocenters. The summed E-state index contributed by atoms with van der Waals surface area (Å²) in [4.78, 5) is 0. The molecule has 0 spiro atoms. The largest absolute Gasteiger partial charge is 0.488 e. The van der Waals surface area contributed by atoms with Crippen LogP contribution in [-0.4, -0.2) is 5.84 Å². The number of benzene rings is 2. The van der Waals surface area contributed by atoms with E-state index < -0.39 is 0 Å². The van der Waals surface area contributed by atoms with Crippen LogP contribution < -0.4 is 10.5 Å². The zero-order chi connectivity index (χ0) is 13.8. The van der Waals surface area contributed by atoms with Crippen LogP contribution in [0.5, 0.6) is 5.75 Å². The van der Waals surface area contributed by atoms with E-state index in [0.29, 0.717) is 17.2 Å². The Balaban J connectivity index is 2.12. The van der Waals surface area contributed by atoms with Gasteiger partial charge in [0.25, 0.3) is 0 Å². The summed E-state index contributed by atoms with van der Waals surface area (Å²) < 4.78 is 6.58. The molecule has 0 saturated heterocycles. The maximum absolute atomic E-state index is 7.35. The van der Waals surface area contributed by atoms with Crippen molar-refractivity contribution in [2.45, 2.75) is 6.61 Å². The Bertz CT molecular complexity index is 616. The highest BCUT2D eigenvalue weighted by atomic mass is 79.9. The van der Waals surface area contributed by atoms with Crippen LogP contribution in [0.3, 0.4) is 0 Å². The molecule has 0 radical (unpaired) electrons. The van der Waals surface area contributed by atoms with Gasteiger partial charge < -0.3 is 10.5 Å². The normalized spacial score (nSPS) is 10.2. The Morgan fingerprint density at radius 3 is 2.63 bits per heavy atom. The van der Waals surface area contributed by atoms with Gasteiger partial charge in [0.1, 0.15) is 18.2 Å². The van der Waals surface area contributed by atoms with Gasteiger partial charge >= 0.3 is 0 Å². The van der Waals surface area contributed by atoms with E-state index in [-0.39, 0.29) is 5.84 Å². The molecular weight excluding hydrogens is 328 g/mol. The smallest absolute Gasteiger partial charge is 0.133 e. The van der Waals surface area contributed by atoms with E-state index in [9.17, 15) is 0 Å². The first kappa shape index (κ1) is 13.9. The first-order chi connectivity index (χ1) is 9.08. The van der Waals surface area contributed by atoms with Gasteiger partial charge in [-0.15, -0.1) is 0 Å². The molecule has 0 aliphatic heterocycles. The van der Waals surface area contributed by atoms with Crippen LogP contribution in [0, 0.1) is 5.41 Å². The average Bonchev–Trinajstić information content (AvgIpc) is 2.39. The van der Waals surface area contributed by atoms with Crippen molar-refractivity contribution in [1.29, 1.82) is 5.41 Å². The molecule has 0 unspecified atom stereocenters. The molecule has 98 valence electrons. The number of nitrogens with one attached hydrogen (secondary N) is 1. The second kappa shape index (κ2) is 6.08. The van der Waals surface area contributed by atoms with Crippen LogP contribution in [0.4, 0.5) is 0 Å². The fourth-order valence-corrected chi connectivity index (χ4v) is 2.18. The number of ether oxygens (including phenoxy) is 1. The van der Waals surface area contributed by atoms with Gasteiger partial charge in [-0.2, -0.15) is 0 Å². The Morgan fingerprint density at radius 2 is 2.00 bits per heavy atom. The van der Waals surface area contributed by atoms with Gasteiger partial charge in [-0.3, -0.25) is 5.41 Å². The Kier molecular flexibility index (Phi) is 4.45. The van der Waals surface area contributed by atoms with E-state index >= 15 is 0 Å². The highest BCUT2D eigenvalue weighted by Crippen LogP contribution is 2.26. The summed E-state index contributed by atoms with van der Waals surface area (Å²) in [6, 6.07) is 12.9. The summed E-state index contributed by atoms with van der Waals surface area (Å²) in [6.07, 6.45) is 0. The van der Waals surface area contributed by atoms with Gasteiger partial charge in [0.15, 0.2) is 0 Å². The van der Waals surface area contributed by atoms with E-state index in [1.54, 1.807) is 12.1 Å². The molecule has 3 N–H and O–H groups in total. The zero-order valence-electron chi connectivity index (χ0n) is 9.99. The van der Waals surface area contributed by atoms with Gasteiger partial charge in [0.2, 0.25) is 0 Å². The summed E-state index contributed by atoms with van der Waals surface area (Å²) in [5.74, 6) is 0.759. The molecule has 5 heteroatoms. The second-order valence-corrected chi connectivity index (χ2v) is 5.20. The lowest BCUT2D eigenvalue weighted by Gasteiger charge is -2.10. The second-order valence-electron chi connectivity index (χ2n) is 3.94. The number of rotatable bonds is 4. The van der Waals surface area contributed by atoms with Crippen molar-refractivity contribution in [3.63, 3.8) is 0 Å². The molecule has 2 rings (SSSR count). The Morgan fingerprint density at radius 1 is 1.26 bits per heavy atom. The van der Waals surface area contributed by atoms with Crippen molar-refractivity contribution in [3.8, 4) is 5.75 Å². The van der Waals surface area contributed by atoms with E-state index in [4.69, 9.17) is 27.5 Å². The maximum Gasteiger partial charge on any atom is 0.133 e. The monoisotopic (exact) mass is 338 g/mol. The molecule has 3 nitrogen and oxygen atoms in total. The average molecular weight is 340 g/mol. The fraction of sp³-hybridized carbons (Fsp3) is 0.0714. The van der Waals surface area contributed by atoms with Crippen molar-refractivity contribution >= 4 is 33.4 Å². The molecular formula is C14H12BrClN2O. The van der Waals surface area contributed by atoms with Crippen LogP contribution >= 0.6 is 27.5 Å². The summed E-state index contributed by atoms with van der Waals surface area (Å²) in [5, 5.41) is 7.89. The minimum atomic E-state index is 0.000159. The number of halogens is 2. The van der Waals surface area contributed by atoms with Crippen molar-refractivity contribution in [2.24, 2.45) is 5.73 Å². The molecule has 2 aromatic rings. The molecule has 0 aliphatic carbocycles. The van der Waals surface area contributed by atoms with Crippen molar-refractivity contribution in [3.05, 3.63) is 63.1 Å². The molecule has 0 saturated carbocycles. The van der Waals surface area contributed by atoms with E-state index in [0.717, 1.165) is 15.8 Å². The van der Waals surface area contributed by atoms with Crippen molar-refractivity contribution in [1.82, 2.24) is 0 Å². The number of hydrogen-bond donors (Lipinski definition) is 2. The predicted molar refractivity (Wildman–Crippen MR) is 80.9 cm³/mol. The van der Waals surface area contributed by atoms with Gasteiger partial charge in [-0.1, -0.05) is 35.9 Å². The van der Waals surface area contributed by atoms with Gasteiger partial charge in [0.05, 0.1) is 4.47 Å². The third kappa shape index (κ3) is 3.49. The topological polar surface area (TPSA) is 59.1 Å². The molecule has 2 aromatic carbocycles. The van der Waals surface area contributed by atoms with Crippen LogP contribution in [0.2, 0.25) is 5.02 Å². The number of amidine groups is 1. The number of para-hydroxylation sites is 1. The van der Waals surface area contributed by atoms with E-state index in [2.05, 4.69) is 15.9 Å². The van der Waals surface area contributed by atoms with Gasteiger partial charge in [-0.05, 0) is 34.1 Å². The Hall–Kier alpha value is -1.52. The SMILES string of the molecule is N=C(N)c1ccc(COc2ccccc2Br)c(Cl)c1. The van der Waals surface area contributed by atoms with Crippen LogP contribution in [-0.2, 0) is 6.61 Å². The first-order valence-corrected chi connectivity index (χ1v) is 6.75. The van der Waals surface area contributed by atoms with E-state index in [1.165, 1.54) is 0 Å². The lowest BCUT2D eigenvalue weighted by molar-refractivity contribution is 0.304. The number of nitrogen functional groups attached to an aromatic ring is 1. The molecule has 0 aliphatic rings. The molecule has 0 amide bonds. The first-order valence-electron chi connectivity index (χ1n) is 5.58. The summed E-state index contributed by atoms with van der Waals surface area (Å²) in [5.41, 5.74) is 6.86. The third-order valence-corrected chi connectivity index (χ3v) is 3.59. The van der Waals surface area contributed by atoms with Gasteiger partial charge in [0, 0.05) is 16.1 Å². The van der Waals surface area contributed by atoms with Crippen molar-refractivity contribution < 1.29 is 4.74 Å². The summed E-state index contributed by atoms with van der Waals surface area (Å²) >= 11 is 9.55. The summed E-state index contributed by atoms with van der Waals surface area (Å²) in [6.45, 7) is 0.361. The number of nitrogens with two attached hydrogens (primary N) is 1. The standard InChI is InChI=1S/C14H12BrClN2O/c15-11-3-1-2-4-13(11)19-8-10-6-5-9(14(17)18)7-12(10)16/h1-7H,8H2,(H3,17,18).